The zero-order valence-corrected chi connectivity index (χ0v) is 23.4. The van der Waals surface area contributed by atoms with E-state index in [0.717, 1.165) is 17.7 Å². The number of amides is 1. The molecule has 11 heteroatoms. The predicted octanol–water partition coefficient (Wildman–Crippen LogP) is 5.89. The molecule has 0 saturated heterocycles. The molecule has 0 fully saturated rings. The summed E-state index contributed by atoms with van der Waals surface area (Å²) in [6.07, 6.45) is 3.09. The quantitative estimate of drug-likeness (QED) is 0.313. The molecule has 2 N–H and O–H groups in total. The molecule has 0 aliphatic carbocycles. The Morgan fingerprint density at radius 2 is 1.87 bits per heavy atom. The van der Waals surface area contributed by atoms with E-state index in [1.54, 1.807) is 44.1 Å². The largest absolute Gasteiger partial charge is 0.497 e. The number of halogens is 1. The Bertz CT molecular complexity index is 1380. The number of anilines is 5. The Balaban J connectivity index is 1.66. The summed E-state index contributed by atoms with van der Waals surface area (Å²) >= 11 is 6.42. The van der Waals surface area contributed by atoms with Gasteiger partial charge in [0.25, 0.3) is 0 Å². The van der Waals surface area contributed by atoms with E-state index in [1.807, 2.05) is 19.1 Å². The van der Waals surface area contributed by atoms with Gasteiger partial charge in [0, 0.05) is 18.5 Å². The van der Waals surface area contributed by atoms with Crippen LogP contribution < -0.4 is 25.0 Å². The van der Waals surface area contributed by atoms with Gasteiger partial charge in [0.05, 0.1) is 49.1 Å². The number of aromatic nitrogens is 2. The summed E-state index contributed by atoms with van der Waals surface area (Å²) in [6, 6.07) is 8.75. The van der Waals surface area contributed by atoms with Crippen molar-refractivity contribution in [3.05, 3.63) is 52.7 Å². The maximum Gasteiger partial charge on any atom is 0.340 e. The highest BCUT2D eigenvalue weighted by Crippen LogP contribution is 2.40. The minimum Gasteiger partial charge on any atom is -0.497 e. The second-order valence-electron chi connectivity index (χ2n) is 9.14. The average Bonchev–Trinajstić information content (AvgIpc) is 3.07. The van der Waals surface area contributed by atoms with Gasteiger partial charge in [-0.05, 0) is 63.9 Å². The number of esters is 1. The van der Waals surface area contributed by atoms with E-state index < -0.39 is 5.97 Å². The lowest BCUT2D eigenvalue weighted by atomic mass is 10.0. The monoisotopic (exact) mass is 553 g/mol. The highest BCUT2D eigenvalue weighted by molar-refractivity contribution is 6.33. The Labute approximate surface area is 232 Å². The number of carbonyl (C=O) groups excluding carboxylic acids is 2. The lowest BCUT2D eigenvalue weighted by Gasteiger charge is -2.24. The molecular formula is C28H32ClN5O5. The fourth-order valence-corrected chi connectivity index (χ4v) is 4.58. The van der Waals surface area contributed by atoms with Crippen LogP contribution in [-0.2, 0) is 16.0 Å². The summed E-state index contributed by atoms with van der Waals surface area (Å²) in [4.78, 5) is 36.0. The van der Waals surface area contributed by atoms with Crippen molar-refractivity contribution in [1.82, 2.24) is 9.97 Å². The van der Waals surface area contributed by atoms with E-state index in [-0.39, 0.29) is 34.4 Å². The smallest absolute Gasteiger partial charge is 0.340 e. The average molecular weight is 554 g/mol. The summed E-state index contributed by atoms with van der Waals surface area (Å²) in [7, 11) is 3.12. The summed E-state index contributed by atoms with van der Waals surface area (Å²) in [5.74, 6) is 1.27. The number of hydrogen-bond donors (Lipinski definition) is 2. The second kappa shape index (κ2) is 12.2. The molecular weight excluding hydrogens is 522 g/mol. The molecule has 3 aromatic rings. The zero-order chi connectivity index (χ0) is 28.1. The standard InChI is InChI=1S/C28H32ClN5O5/c1-6-34-23-13-12-22(25(38-5)18(23)8-7-9-24(34)35)32-28-30-15-20(29)26(33-28)31-21-11-10-17(37-4)14-19(21)27(36)39-16(2)3/h10-16H,6-9H2,1-5H3,(H2,30,31,32,33). The topological polar surface area (TPSA) is 115 Å². The molecule has 0 unspecified atom stereocenters. The van der Waals surface area contributed by atoms with Crippen molar-refractivity contribution in [3.8, 4) is 11.5 Å². The molecule has 1 aliphatic rings. The molecule has 10 nitrogen and oxygen atoms in total. The molecule has 1 aliphatic heterocycles. The van der Waals surface area contributed by atoms with Gasteiger partial charge < -0.3 is 29.7 Å². The number of ether oxygens (including phenoxy) is 3. The van der Waals surface area contributed by atoms with E-state index in [0.29, 0.717) is 42.3 Å². The predicted molar refractivity (Wildman–Crippen MR) is 151 cm³/mol. The molecule has 0 bridgehead atoms. The van der Waals surface area contributed by atoms with Crippen LogP contribution >= 0.6 is 11.6 Å². The van der Waals surface area contributed by atoms with Crippen molar-refractivity contribution in [3.63, 3.8) is 0 Å². The van der Waals surface area contributed by atoms with Gasteiger partial charge in [-0.15, -0.1) is 0 Å². The SMILES string of the molecule is CCN1C(=O)CCCc2c1ccc(Nc1ncc(Cl)c(Nc3ccc(OC)cc3C(=O)OC(C)C)n1)c2OC. The number of rotatable bonds is 9. The lowest BCUT2D eigenvalue weighted by Crippen LogP contribution is -2.29. The molecule has 1 amide bonds. The van der Waals surface area contributed by atoms with Crippen molar-refractivity contribution >= 4 is 52.3 Å². The van der Waals surface area contributed by atoms with Crippen LogP contribution in [0, 0.1) is 0 Å². The summed E-state index contributed by atoms with van der Waals surface area (Å²) in [5, 5.41) is 6.59. The molecule has 0 radical (unpaired) electrons. The minimum absolute atomic E-state index is 0.103. The van der Waals surface area contributed by atoms with Crippen molar-refractivity contribution < 1.29 is 23.8 Å². The van der Waals surface area contributed by atoms with Crippen molar-refractivity contribution in [2.24, 2.45) is 0 Å². The molecule has 2 aromatic carbocycles. The van der Waals surface area contributed by atoms with E-state index in [9.17, 15) is 9.59 Å². The first-order valence-corrected chi connectivity index (χ1v) is 13.1. The van der Waals surface area contributed by atoms with E-state index >= 15 is 0 Å². The van der Waals surface area contributed by atoms with Gasteiger partial charge in [-0.1, -0.05) is 11.6 Å². The Morgan fingerprint density at radius 3 is 2.56 bits per heavy atom. The molecule has 0 atom stereocenters. The Morgan fingerprint density at radius 1 is 1.10 bits per heavy atom. The Hall–Kier alpha value is -4.05. The van der Waals surface area contributed by atoms with E-state index in [2.05, 4.69) is 20.6 Å². The summed E-state index contributed by atoms with van der Waals surface area (Å²) in [5.41, 5.74) is 3.17. The maximum absolute atomic E-state index is 12.8. The molecule has 0 spiro atoms. The van der Waals surface area contributed by atoms with Gasteiger partial charge >= 0.3 is 5.97 Å². The highest BCUT2D eigenvalue weighted by Gasteiger charge is 2.25. The molecule has 0 saturated carbocycles. The lowest BCUT2D eigenvalue weighted by molar-refractivity contribution is -0.118. The summed E-state index contributed by atoms with van der Waals surface area (Å²) in [6.45, 7) is 6.09. The molecule has 206 valence electrons. The van der Waals surface area contributed by atoms with Gasteiger partial charge in [0.15, 0.2) is 5.82 Å². The normalized spacial score (nSPS) is 13.0. The van der Waals surface area contributed by atoms with Crippen LogP contribution in [0.2, 0.25) is 5.02 Å². The number of hydrogen-bond acceptors (Lipinski definition) is 9. The first-order valence-electron chi connectivity index (χ1n) is 12.7. The second-order valence-corrected chi connectivity index (χ2v) is 9.55. The summed E-state index contributed by atoms with van der Waals surface area (Å²) < 4.78 is 16.5. The minimum atomic E-state index is -0.510. The van der Waals surface area contributed by atoms with E-state index in [1.165, 1.54) is 13.3 Å². The first kappa shape index (κ1) is 28.0. The van der Waals surface area contributed by atoms with Crippen LogP contribution in [0.1, 0.15) is 49.5 Å². The van der Waals surface area contributed by atoms with Crippen LogP contribution in [0.5, 0.6) is 11.5 Å². The number of carbonyl (C=O) groups is 2. The van der Waals surface area contributed by atoms with E-state index in [4.69, 9.17) is 25.8 Å². The number of nitrogens with one attached hydrogen (secondary N) is 2. The van der Waals surface area contributed by atoms with Gasteiger partial charge in [-0.25, -0.2) is 9.78 Å². The fourth-order valence-electron chi connectivity index (χ4n) is 4.44. The molecule has 2 heterocycles. The fraction of sp³-hybridized carbons (Fsp3) is 0.357. The number of methoxy groups -OCH3 is 2. The van der Waals surface area contributed by atoms with Gasteiger partial charge in [-0.3, -0.25) is 4.79 Å². The molecule has 1 aromatic heterocycles. The molecule has 4 rings (SSSR count). The van der Waals surface area contributed by atoms with Crippen LogP contribution in [0.25, 0.3) is 0 Å². The van der Waals surface area contributed by atoms with Crippen molar-refractivity contribution in [1.29, 1.82) is 0 Å². The van der Waals surface area contributed by atoms with Crippen LogP contribution in [0.4, 0.5) is 28.8 Å². The van der Waals surface area contributed by atoms with Crippen molar-refractivity contribution in [2.45, 2.75) is 46.1 Å². The van der Waals surface area contributed by atoms with Gasteiger partial charge in [-0.2, -0.15) is 4.98 Å². The number of fused-ring (bicyclic) bond motifs is 1. The zero-order valence-electron chi connectivity index (χ0n) is 22.6. The maximum atomic E-state index is 12.8. The first-order chi connectivity index (χ1) is 18.7. The van der Waals surface area contributed by atoms with Crippen LogP contribution in [0.3, 0.4) is 0 Å². The van der Waals surface area contributed by atoms with Crippen molar-refractivity contribution in [2.75, 3.05) is 36.3 Å². The Kier molecular flexibility index (Phi) is 8.75. The number of benzene rings is 2. The van der Waals surface area contributed by atoms with Crippen LogP contribution in [-0.4, -0.2) is 48.7 Å². The van der Waals surface area contributed by atoms with Crippen LogP contribution in [0.15, 0.2) is 36.5 Å². The third-order valence-corrected chi connectivity index (χ3v) is 6.48. The highest BCUT2D eigenvalue weighted by atomic mass is 35.5. The third kappa shape index (κ3) is 6.17. The number of nitrogens with zero attached hydrogens (tertiary/aromatic N) is 3. The van der Waals surface area contributed by atoms with Gasteiger partial charge in [0.2, 0.25) is 11.9 Å². The third-order valence-electron chi connectivity index (χ3n) is 6.20. The van der Waals surface area contributed by atoms with Gasteiger partial charge in [0.1, 0.15) is 16.5 Å². The molecule has 39 heavy (non-hydrogen) atoms.